The summed E-state index contributed by atoms with van der Waals surface area (Å²) in [5.41, 5.74) is 8.63. The number of aromatic nitrogens is 2. The molecule has 0 aliphatic rings. The summed E-state index contributed by atoms with van der Waals surface area (Å²) < 4.78 is 0. The van der Waals surface area contributed by atoms with Crippen molar-refractivity contribution in [3.8, 4) is 0 Å². The maximum Gasteiger partial charge on any atom is 0.222 e. The predicted octanol–water partition coefficient (Wildman–Crippen LogP) is 2.42. The van der Waals surface area contributed by atoms with Crippen LogP contribution in [0.1, 0.15) is 11.3 Å². The van der Waals surface area contributed by atoms with Crippen molar-refractivity contribution in [1.29, 1.82) is 0 Å². The molecule has 0 radical (unpaired) electrons. The second-order valence-corrected chi connectivity index (χ2v) is 3.75. The molecule has 0 spiro atoms. The number of anilines is 3. The average Bonchev–Trinajstić information content (AvgIpc) is 2.15. The highest BCUT2D eigenvalue weighted by atomic mass is 15.1. The Balaban J connectivity index is 2.27. The van der Waals surface area contributed by atoms with Crippen molar-refractivity contribution >= 4 is 17.5 Å². The smallest absolute Gasteiger partial charge is 0.222 e. The van der Waals surface area contributed by atoms with Crippen LogP contribution in [0, 0.1) is 13.8 Å². The van der Waals surface area contributed by atoms with Crippen LogP contribution in [0.15, 0.2) is 30.3 Å². The predicted molar refractivity (Wildman–Crippen MR) is 65.6 cm³/mol. The Kier molecular flexibility index (Phi) is 2.72. The fourth-order valence-corrected chi connectivity index (χ4v) is 1.53. The summed E-state index contributed by atoms with van der Waals surface area (Å²) in [6.45, 7) is 3.93. The molecule has 82 valence electrons. The van der Waals surface area contributed by atoms with Crippen LogP contribution in [0.5, 0.6) is 0 Å². The molecular weight excluding hydrogens is 200 g/mol. The number of rotatable bonds is 2. The second kappa shape index (κ2) is 4.18. The van der Waals surface area contributed by atoms with E-state index in [-0.39, 0.29) is 5.95 Å². The van der Waals surface area contributed by atoms with Crippen molar-refractivity contribution in [3.63, 3.8) is 0 Å². The van der Waals surface area contributed by atoms with Crippen LogP contribution in [0.2, 0.25) is 0 Å². The van der Waals surface area contributed by atoms with Gasteiger partial charge in [0.1, 0.15) is 5.82 Å². The number of nitrogens with two attached hydrogens (primary N) is 1. The molecule has 2 rings (SSSR count). The van der Waals surface area contributed by atoms with E-state index in [9.17, 15) is 0 Å². The van der Waals surface area contributed by atoms with E-state index < -0.39 is 0 Å². The highest BCUT2D eigenvalue weighted by Gasteiger charge is 1.99. The Morgan fingerprint density at radius 1 is 1.12 bits per heavy atom. The van der Waals surface area contributed by atoms with Gasteiger partial charge in [-0.25, -0.2) is 4.98 Å². The second-order valence-electron chi connectivity index (χ2n) is 3.75. The van der Waals surface area contributed by atoms with Crippen molar-refractivity contribution in [2.75, 3.05) is 11.1 Å². The fraction of sp³-hybridized carbons (Fsp3) is 0.167. The first-order valence-electron chi connectivity index (χ1n) is 5.08. The molecule has 0 fully saturated rings. The lowest BCUT2D eigenvalue weighted by molar-refractivity contribution is 1.12. The van der Waals surface area contributed by atoms with Crippen LogP contribution in [-0.2, 0) is 0 Å². The van der Waals surface area contributed by atoms with Crippen molar-refractivity contribution in [3.05, 3.63) is 41.6 Å². The van der Waals surface area contributed by atoms with Gasteiger partial charge < -0.3 is 11.1 Å². The Morgan fingerprint density at radius 3 is 2.62 bits per heavy atom. The SMILES string of the molecule is Cc1cccc(Nc2cc(C)nc(N)n2)c1. The summed E-state index contributed by atoms with van der Waals surface area (Å²) >= 11 is 0. The van der Waals surface area contributed by atoms with Gasteiger partial charge in [-0.15, -0.1) is 0 Å². The first-order chi connectivity index (χ1) is 7.63. The molecule has 2 aromatic rings. The van der Waals surface area contributed by atoms with E-state index in [4.69, 9.17) is 5.73 Å². The Hall–Kier alpha value is -2.10. The Labute approximate surface area is 94.5 Å². The van der Waals surface area contributed by atoms with Gasteiger partial charge >= 0.3 is 0 Å². The number of nitrogens with zero attached hydrogens (tertiary/aromatic N) is 2. The summed E-state index contributed by atoms with van der Waals surface area (Å²) in [5.74, 6) is 1.01. The van der Waals surface area contributed by atoms with Crippen molar-refractivity contribution < 1.29 is 0 Å². The van der Waals surface area contributed by atoms with E-state index in [1.165, 1.54) is 5.56 Å². The van der Waals surface area contributed by atoms with Crippen molar-refractivity contribution in [1.82, 2.24) is 9.97 Å². The molecule has 1 aromatic carbocycles. The number of nitrogen functional groups attached to an aromatic ring is 1. The van der Waals surface area contributed by atoms with Crippen molar-refractivity contribution in [2.24, 2.45) is 0 Å². The molecule has 0 saturated heterocycles. The summed E-state index contributed by atoms with van der Waals surface area (Å²) in [5, 5.41) is 3.20. The molecule has 3 N–H and O–H groups in total. The minimum absolute atomic E-state index is 0.287. The molecule has 4 heteroatoms. The standard InChI is InChI=1S/C12H14N4/c1-8-4-3-5-10(6-8)15-11-7-9(2)14-12(13)16-11/h3-7H,1-2H3,(H3,13,14,15,16). The van der Waals surface area contributed by atoms with Crippen LogP contribution in [-0.4, -0.2) is 9.97 Å². The number of benzene rings is 1. The quantitative estimate of drug-likeness (QED) is 0.805. The minimum atomic E-state index is 0.287. The van der Waals surface area contributed by atoms with E-state index in [1.54, 1.807) is 0 Å². The highest BCUT2D eigenvalue weighted by molar-refractivity contribution is 5.57. The lowest BCUT2D eigenvalue weighted by Crippen LogP contribution is -2.01. The average molecular weight is 214 g/mol. The topological polar surface area (TPSA) is 63.8 Å². The first kappa shape index (κ1) is 10.4. The van der Waals surface area contributed by atoms with Gasteiger partial charge in [0.05, 0.1) is 0 Å². The maximum atomic E-state index is 5.58. The zero-order valence-corrected chi connectivity index (χ0v) is 9.36. The summed E-state index contributed by atoms with van der Waals surface area (Å²) in [4.78, 5) is 8.13. The van der Waals surface area contributed by atoms with Crippen LogP contribution in [0.25, 0.3) is 0 Å². The molecule has 0 amide bonds. The molecule has 0 atom stereocenters. The molecule has 1 aromatic heterocycles. The zero-order chi connectivity index (χ0) is 11.5. The van der Waals surface area contributed by atoms with Crippen molar-refractivity contribution in [2.45, 2.75) is 13.8 Å². The lowest BCUT2D eigenvalue weighted by Gasteiger charge is -2.07. The largest absolute Gasteiger partial charge is 0.368 e. The lowest BCUT2D eigenvalue weighted by atomic mass is 10.2. The van der Waals surface area contributed by atoms with E-state index >= 15 is 0 Å². The molecule has 0 saturated carbocycles. The van der Waals surface area contributed by atoms with Gasteiger partial charge in [-0.1, -0.05) is 12.1 Å². The third kappa shape index (κ3) is 2.48. The molecule has 1 heterocycles. The molecule has 0 bridgehead atoms. The Morgan fingerprint density at radius 2 is 1.94 bits per heavy atom. The van der Waals surface area contributed by atoms with E-state index in [0.717, 1.165) is 17.2 Å². The third-order valence-electron chi connectivity index (χ3n) is 2.16. The minimum Gasteiger partial charge on any atom is -0.368 e. The number of hydrogen-bond acceptors (Lipinski definition) is 4. The highest BCUT2D eigenvalue weighted by Crippen LogP contribution is 2.16. The fourth-order valence-electron chi connectivity index (χ4n) is 1.53. The number of hydrogen-bond donors (Lipinski definition) is 2. The third-order valence-corrected chi connectivity index (χ3v) is 2.16. The van der Waals surface area contributed by atoms with Gasteiger partial charge in [-0.3, -0.25) is 0 Å². The van der Waals surface area contributed by atoms with Crippen LogP contribution in [0.4, 0.5) is 17.5 Å². The number of nitrogens with one attached hydrogen (secondary N) is 1. The molecular formula is C12H14N4. The molecule has 4 nitrogen and oxygen atoms in total. The van der Waals surface area contributed by atoms with Gasteiger partial charge in [0, 0.05) is 17.4 Å². The van der Waals surface area contributed by atoms with E-state index in [1.807, 2.05) is 44.2 Å². The van der Waals surface area contributed by atoms with Gasteiger partial charge in [-0.2, -0.15) is 4.98 Å². The summed E-state index contributed by atoms with van der Waals surface area (Å²) in [7, 11) is 0. The first-order valence-corrected chi connectivity index (χ1v) is 5.08. The van der Waals surface area contributed by atoms with E-state index in [0.29, 0.717) is 0 Å². The molecule has 0 aliphatic carbocycles. The van der Waals surface area contributed by atoms with Crippen LogP contribution in [0.3, 0.4) is 0 Å². The molecule has 16 heavy (non-hydrogen) atoms. The number of aryl methyl sites for hydroxylation is 2. The summed E-state index contributed by atoms with van der Waals surface area (Å²) in [6.07, 6.45) is 0. The van der Waals surface area contributed by atoms with Gasteiger partial charge in [0.2, 0.25) is 5.95 Å². The van der Waals surface area contributed by atoms with Crippen LogP contribution < -0.4 is 11.1 Å². The van der Waals surface area contributed by atoms with E-state index in [2.05, 4.69) is 15.3 Å². The van der Waals surface area contributed by atoms with Gasteiger partial charge in [-0.05, 0) is 31.5 Å². The Bertz CT molecular complexity index is 488. The monoisotopic (exact) mass is 214 g/mol. The molecule has 0 unspecified atom stereocenters. The maximum absolute atomic E-state index is 5.58. The zero-order valence-electron chi connectivity index (χ0n) is 9.36. The normalized spacial score (nSPS) is 10.1. The molecule has 0 aliphatic heterocycles. The van der Waals surface area contributed by atoms with Gasteiger partial charge in [0.25, 0.3) is 0 Å². The van der Waals surface area contributed by atoms with Gasteiger partial charge in [0.15, 0.2) is 0 Å². The summed E-state index contributed by atoms with van der Waals surface area (Å²) in [6, 6.07) is 9.94. The van der Waals surface area contributed by atoms with Crippen LogP contribution >= 0.6 is 0 Å².